The number of aryl methyl sites for hydroxylation is 3. The van der Waals surface area contributed by atoms with Crippen molar-refractivity contribution in [2.75, 3.05) is 0 Å². The normalized spacial score (nSPS) is 10.6. The molecule has 2 rings (SSSR count). The highest BCUT2D eigenvalue weighted by Crippen LogP contribution is 2.14. The Morgan fingerprint density at radius 2 is 1.67 bits per heavy atom. The third kappa shape index (κ3) is 2.02. The van der Waals surface area contributed by atoms with Crippen LogP contribution in [0.25, 0.3) is 5.69 Å². The van der Waals surface area contributed by atoms with Gasteiger partial charge in [0.1, 0.15) is 0 Å². The Morgan fingerprint density at radius 1 is 1.07 bits per heavy atom. The van der Waals surface area contributed by atoms with Gasteiger partial charge in [-0.05, 0) is 56.2 Å². The molecule has 0 unspecified atom stereocenters. The topological polar surface area (TPSA) is 20.7 Å². The van der Waals surface area contributed by atoms with Crippen molar-refractivity contribution in [3.05, 3.63) is 46.0 Å². The average Bonchev–Trinajstić information content (AvgIpc) is 2.43. The summed E-state index contributed by atoms with van der Waals surface area (Å²) in [6.45, 7) is 6.20. The first-order valence-electron chi connectivity index (χ1n) is 4.93. The van der Waals surface area contributed by atoms with Crippen molar-refractivity contribution in [1.29, 1.82) is 0 Å². The Kier molecular flexibility index (Phi) is 2.49. The summed E-state index contributed by atoms with van der Waals surface area (Å²) in [5.74, 6) is 0. The number of nitrogens with zero attached hydrogens (tertiary/aromatic N) is 1. The predicted molar refractivity (Wildman–Crippen MR) is 65.2 cm³/mol. The van der Waals surface area contributed by atoms with Gasteiger partial charge in [-0.2, -0.15) is 0 Å². The number of aromatic amines is 1. The Bertz CT molecular complexity index is 529. The van der Waals surface area contributed by atoms with Crippen molar-refractivity contribution < 1.29 is 0 Å². The SMILES string of the molecule is Cc1cc(C)cc(-n2cc(C)[nH]c2=S)c1. The van der Waals surface area contributed by atoms with E-state index in [2.05, 4.69) is 37.0 Å². The fourth-order valence-electron chi connectivity index (χ4n) is 1.79. The lowest BCUT2D eigenvalue weighted by Crippen LogP contribution is -1.93. The second-order valence-electron chi connectivity index (χ2n) is 3.96. The largest absolute Gasteiger partial charge is 0.335 e. The lowest BCUT2D eigenvalue weighted by atomic mass is 10.1. The molecule has 0 fully saturated rings. The molecule has 1 N–H and O–H groups in total. The fraction of sp³-hybridized carbons (Fsp3) is 0.250. The Hall–Kier alpha value is -1.35. The minimum atomic E-state index is 0.748. The van der Waals surface area contributed by atoms with Gasteiger partial charge in [0.05, 0.1) is 0 Å². The number of aromatic nitrogens is 2. The molecule has 0 aliphatic heterocycles. The van der Waals surface area contributed by atoms with Crippen LogP contribution in [0.4, 0.5) is 0 Å². The molecule has 2 aromatic rings. The molecule has 1 aromatic heterocycles. The summed E-state index contributed by atoms with van der Waals surface area (Å²) in [4.78, 5) is 3.12. The Balaban J connectivity index is 2.63. The highest BCUT2D eigenvalue weighted by Gasteiger charge is 2.01. The van der Waals surface area contributed by atoms with Crippen LogP contribution in [0.15, 0.2) is 24.4 Å². The molecule has 0 saturated heterocycles. The third-order valence-electron chi connectivity index (χ3n) is 2.33. The van der Waals surface area contributed by atoms with Gasteiger partial charge in [-0.3, -0.25) is 4.57 Å². The van der Waals surface area contributed by atoms with E-state index >= 15 is 0 Å². The van der Waals surface area contributed by atoms with Gasteiger partial charge in [0, 0.05) is 17.6 Å². The van der Waals surface area contributed by atoms with E-state index in [0.717, 1.165) is 16.2 Å². The van der Waals surface area contributed by atoms with Gasteiger partial charge in [-0.25, -0.2) is 0 Å². The van der Waals surface area contributed by atoms with E-state index in [-0.39, 0.29) is 0 Å². The molecule has 78 valence electrons. The van der Waals surface area contributed by atoms with Crippen molar-refractivity contribution in [2.24, 2.45) is 0 Å². The fourth-order valence-corrected chi connectivity index (χ4v) is 2.11. The van der Waals surface area contributed by atoms with E-state index in [0.29, 0.717) is 0 Å². The van der Waals surface area contributed by atoms with E-state index in [1.165, 1.54) is 11.1 Å². The number of hydrogen-bond acceptors (Lipinski definition) is 1. The first-order chi connectivity index (χ1) is 7.06. The second-order valence-corrected chi connectivity index (χ2v) is 4.34. The molecule has 2 nitrogen and oxygen atoms in total. The van der Waals surface area contributed by atoms with Crippen molar-refractivity contribution in [3.8, 4) is 5.69 Å². The van der Waals surface area contributed by atoms with Crippen molar-refractivity contribution in [2.45, 2.75) is 20.8 Å². The van der Waals surface area contributed by atoms with Crippen molar-refractivity contribution in [3.63, 3.8) is 0 Å². The maximum atomic E-state index is 5.25. The van der Waals surface area contributed by atoms with Gasteiger partial charge in [-0.1, -0.05) is 6.07 Å². The number of hydrogen-bond donors (Lipinski definition) is 1. The first kappa shape index (κ1) is 10.2. The van der Waals surface area contributed by atoms with Crippen LogP contribution >= 0.6 is 12.2 Å². The van der Waals surface area contributed by atoms with Crippen molar-refractivity contribution in [1.82, 2.24) is 9.55 Å². The van der Waals surface area contributed by atoms with Crippen LogP contribution in [0.2, 0.25) is 0 Å². The van der Waals surface area contributed by atoms with Crippen LogP contribution in [0.3, 0.4) is 0 Å². The highest BCUT2D eigenvalue weighted by atomic mass is 32.1. The lowest BCUT2D eigenvalue weighted by molar-refractivity contribution is 1.02. The zero-order chi connectivity index (χ0) is 11.0. The smallest absolute Gasteiger partial charge is 0.181 e. The number of benzene rings is 1. The van der Waals surface area contributed by atoms with Gasteiger partial charge < -0.3 is 4.98 Å². The van der Waals surface area contributed by atoms with E-state index in [1.807, 2.05) is 17.7 Å². The molecule has 0 radical (unpaired) electrons. The first-order valence-corrected chi connectivity index (χ1v) is 5.34. The number of H-pyrrole nitrogens is 1. The molecule has 0 aliphatic carbocycles. The molecule has 0 amide bonds. The van der Waals surface area contributed by atoms with Crippen LogP contribution in [0.1, 0.15) is 16.8 Å². The van der Waals surface area contributed by atoms with Gasteiger partial charge in [-0.15, -0.1) is 0 Å². The Labute approximate surface area is 94.6 Å². The summed E-state index contributed by atoms with van der Waals surface area (Å²) in [5.41, 5.74) is 4.72. The van der Waals surface area contributed by atoms with Gasteiger partial charge in [0.2, 0.25) is 0 Å². The average molecular weight is 218 g/mol. The van der Waals surface area contributed by atoms with E-state index in [1.54, 1.807) is 0 Å². The number of rotatable bonds is 1. The van der Waals surface area contributed by atoms with Crippen LogP contribution in [0.5, 0.6) is 0 Å². The van der Waals surface area contributed by atoms with Crippen LogP contribution in [0, 0.1) is 25.5 Å². The predicted octanol–water partition coefficient (Wildman–Crippen LogP) is 3.46. The lowest BCUT2D eigenvalue weighted by Gasteiger charge is -2.05. The Morgan fingerprint density at radius 3 is 2.13 bits per heavy atom. The minimum absolute atomic E-state index is 0.748. The zero-order valence-electron chi connectivity index (χ0n) is 9.16. The molecule has 1 heterocycles. The maximum absolute atomic E-state index is 5.25. The van der Waals surface area contributed by atoms with Gasteiger partial charge >= 0.3 is 0 Å². The zero-order valence-corrected chi connectivity index (χ0v) is 9.98. The summed E-state index contributed by atoms with van der Waals surface area (Å²) in [5, 5.41) is 0. The van der Waals surface area contributed by atoms with Crippen LogP contribution in [-0.4, -0.2) is 9.55 Å². The third-order valence-corrected chi connectivity index (χ3v) is 2.63. The second kappa shape index (κ2) is 3.66. The maximum Gasteiger partial charge on any atom is 0.181 e. The summed E-state index contributed by atoms with van der Waals surface area (Å²) >= 11 is 5.25. The highest BCUT2D eigenvalue weighted by molar-refractivity contribution is 7.71. The monoisotopic (exact) mass is 218 g/mol. The summed E-state index contributed by atoms with van der Waals surface area (Å²) in [6.07, 6.45) is 2.02. The van der Waals surface area contributed by atoms with Gasteiger partial charge in [0.15, 0.2) is 4.77 Å². The standard InChI is InChI=1S/C12H14N2S/c1-8-4-9(2)6-11(5-8)14-7-10(3)13-12(14)15/h4-7H,1-3H3,(H,13,15). The minimum Gasteiger partial charge on any atom is -0.335 e. The quantitative estimate of drug-likeness (QED) is 0.727. The molecule has 0 aliphatic rings. The number of nitrogens with one attached hydrogen (secondary N) is 1. The molecule has 1 aromatic carbocycles. The molecule has 0 spiro atoms. The van der Waals surface area contributed by atoms with Crippen molar-refractivity contribution >= 4 is 12.2 Å². The molecule has 0 bridgehead atoms. The van der Waals surface area contributed by atoms with Crippen LogP contribution in [-0.2, 0) is 0 Å². The molecular formula is C12H14N2S. The summed E-state index contributed by atoms with van der Waals surface area (Å²) in [6, 6.07) is 6.43. The molecule has 3 heteroatoms. The molecule has 0 atom stereocenters. The summed E-state index contributed by atoms with van der Waals surface area (Å²) in [7, 11) is 0. The molecular weight excluding hydrogens is 204 g/mol. The van der Waals surface area contributed by atoms with E-state index in [9.17, 15) is 0 Å². The summed E-state index contributed by atoms with van der Waals surface area (Å²) < 4.78 is 2.75. The molecule has 15 heavy (non-hydrogen) atoms. The molecule has 0 saturated carbocycles. The number of imidazole rings is 1. The van der Waals surface area contributed by atoms with E-state index < -0.39 is 0 Å². The van der Waals surface area contributed by atoms with Gasteiger partial charge in [0.25, 0.3) is 0 Å². The van der Waals surface area contributed by atoms with Crippen LogP contribution < -0.4 is 0 Å². The van der Waals surface area contributed by atoms with E-state index in [4.69, 9.17) is 12.2 Å².